The molecule has 2 aromatic heterocycles. The summed E-state index contributed by atoms with van der Waals surface area (Å²) in [5, 5.41) is 0. The number of H-pyrrole nitrogens is 1. The molecule has 2 aromatic rings. The van der Waals surface area contributed by atoms with Crippen LogP contribution in [-0.4, -0.2) is 15.0 Å². The Morgan fingerprint density at radius 3 is 2.72 bits per heavy atom. The minimum absolute atomic E-state index is 0.626. The molecule has 0 saturated heterocycles. The summed E-state index contributed by atoms with van der Waals surface area (Å²) < 4.78 is 1.54. The van der Waals surface area contributed by atoms with Crippen LogP contribution in [0.25, 0.3) is 0 Å². The van der Waals surface area contributed by atoms with Gasteiger partial charge in [-0.1, -0.05) is 25.6 Å². The van der Waals surface area contributed by atoms with Crippen LogP contribution in [0, 0.1) is 4.64 Å². The Balaban J connectivity index is 2.32. The van der Waals surface area contributed by atoms with Crippen molar-refractivity contribution in [3.8, 4) is 0 Å². The molecule has 5 heteroatoms. The van der Waals surface area contributed by atoms with Gasteiger partial charge in [-0.15, -0.1) is 0 Å². The topological polar surface area (TPSA) is 41.6 Å². The van der Waals surface area contributed by atoms with Gasteiger partial charge in [0.1, 0.15) is 10.5 Å². The number of nitrogens with one attached hydrogen (secondary N) is 1. The molecular weight excluding hydrogens is 310 g/mol. The Kier molecular flexibility index (Phi) is 4.60. The summed E-state index contributed by atoms with van der Waals surface area (Å²) in [4.78, 5) is 11.8. The van der Waals surface area contributed by atoms with E-state index in [1.54, 1.807) is 12.4 Å². The maximum atomic E-state index is 5.27. The van der Waals surface area contributed by atoms with Crippen molar-refractivity contribution in [2.45, 2.75) is 26.2 Å². The summed E-state index contributed by atoms with van der Waals surface area (Å²) >= 11 is 8.76. The number of hydrogen-bond acceptors (Lipinski definition) is 3. The van der Waals surface area contributed by atoms with Crippen molar-refractivity contribution in [1.29, 1.82) is 0 Å². The van der Waals surface area contributed by atoms with Gasteiger partial charge in [-0.2, -0.15) is 0 Å². The Bertz CT molecular complexity index is 581. The lowest BCUT2D eigenvalue weighted by Gasteiger charge is -2.07. The molecule has 0 spiro atoms. The zero-order chi connectivity index (χ0) is 13.0. The molecule has 94 valence electrons. The molecule has 0 amide bonds. The molecule has 0 atom stereocenters. The molecular formula is C13H14BrN3S. The summed E-state index contributed by atoms with van der Waals surface area (Å²) in [5.41, 5.74) is 2.30. The molecule has 0 unspecified atom stereocenters. The molecule has 2 rings (SSSR count). The monoisotopic (exact) mass is 323 g/mol. The quantitative estimate of drug-likeness (QED) is 0.869. The van der Waals surface area contributed by atoms with E-state index in [1.165, 1.54) is 5.56 Å². The van der Waals surface area contributed by atoms with Crippen molar-refractivity contribution in [1.82, 2.24) is 15.0 Å². The Labute approximate surface area is 120 Å². The van der Waals surface area contributed by atoms with Gasteiger partial charge < -0.3 is 4.98 Å². The summed E-state index contributed by atoms with van der Waals surface area (Å²) in [7, 11) is 0. The smallest absolute Gasteiger partial charge is 0.144 e. The highest BCUT2D eigenvalue weighted by molar-refractivity contribution is 9.10. The van der Waals surface area contributed by atoms with Gasteiger partial charge in [-0.3, -0.25) is 4.98 Å². The van der Waals surface area contributed by atoms with Crippen molar-refractivity contribution in [2.75, 3.05) is 0 Å². The lowest BCUT2D eigenvalue weighted by atomic mass is 10.2. The number of aromatic amines is 1. The minimum atomic E-state index is 0.626. The van der Waals surface area contributed by atoms with Gasteiger partial charge in [0.25, 0.3) is 0 Å². The first kappa shape index (κ1) is 13.4. The van der Waals surface area contributed by atoms with E-state index < -0.39 is 0 Å². The maximum Gasteiger partial charge on any atom is 0.144 e. The van der Waals surface area contributed by atoms with Crippen LogP contribution in [0.4, 0.5) is 0 Å². The van der Waals surface area contributed by atoms with Crippen molar-refractivity contribution in [3.05, 3.63) is 50.7 Å². The van der Waals surface area contributed by atoms with Crippen LogP contribution in [0.3, 0.4) is 0 Å². The fraction of sp³-hybridized carbons (Fsp3) is 0.308. The molecule has 0 saturated carbocycles. The molecule has 18 heavy (non-hydrogen) atoms. The van der Waals surface area contributed by atoms with E-state index in [2.05, 4.69) is 37.8 Å². The van der Waals surface area contributed by atoms with Crippen molar-refractivity contribution in [2.24, 2.45) is 0 Å². The van der Waals surface area contributed by atoms with Crippen LogP contribution in [-0.2, 0) is 12.8 Å². The number of nitrogens with zero attached hydrogens (tertiary/aromatic N) is 2. The van der Waals surface area contributed by atoms with E-state index in [0.717, 1.165) is 35.3 Å². The first-order chi connectivity index (χ1) is 8.70. The second-order valence-electron chi connectivity index (χ2n) is 4.06. The van der Waals surface area contributed by atoms with E-state index in [4.69, 9.17) is 12.2 Å². The highest BCUT2D eigenvalue weighted by Crippen LogP contribution is 2.18. The van der Waals surface area contributed by atoms with Gasteiger partial charge in [-0.25, -0.2) is 4.98 Å². The van der Waals surface area contributed by atoms with E-state index >= 15 is 0 Å². The largest absolute Gasteiger partial charge is 0.346 e. The van der Waals surface area contributed by atoms with Crippen molar-refractivity contribution in [3.63, 3.8) is 0 Å². The molecule has 0 aromatic carbocycles. The van der Waals surface area contributed by atoms with Gasteiger partial charge in [0.2, 0.25) is 0 Å². The summed E-state index contributed by atoms with van der Waals surface area (Å²) in [6, 6.07) is 3.97. The molecule has 1 N–H and O–H groups in total. The normalized spacial score (nSPS) is 10.6. The highest BCUT2D eigenvalue weighted by Gasteiger charge is 2.06. The number of hydrogen-bond donors (Lipinski definition) is 1. The number of halogens is 1. The average Bonchev–Trinajstić information content (AvgIpc) is 2.37. The van der Waals surface area contributed by atoms with Crippen LogP contribution in [0.15, 0.2) is 29.0 Å². The van der Waals surface area contributed by atoms with Crippen LogP contribution >= 0.6 is 28.1 Å². The molecule has 2 heterocycles. The Morgan fingerprint density at radius 2 is 2.06 bits per heavy atom. The molecule has 3 nitrogen and oxygen atoms in total. The fourth-order valence-electron chi connectivity index (χ4n) is 1.76. The third-order valence-electron chi connectivity index (χ3n) is 2.61. The SMILES string of the molecule is CCCc1[nH]c(Cc2ccncc2)nc(=S)c1Br. The number of rotatable bonds is 4. The van der Waals surface area contributed by atoms with Crippen molar-refractivity contribution < 1.29 is 0 Å². The first-order valence-corrected chi connectivity index (χ1v) is 7.07. The van der Waals surface area contributed by atoms with Gasteiger partial charge in [-0.05, 0) is 40.0 Å². The molecule has 0 bridgehead atoms. The third kappa shape index (κ3) is 3.23. The van der Waals surface area contributed by atoms with Crippen LogP contribution in [0.2, 0.25) is 0 Å². The molecule has 0 radical (unpaired) electrons. The Hall–Kier alpha value is -1.07. The standard InChI is InChI=1S/C13H14BrN3S/c1-2-3-10-12(14)13(18)17-11(16-10)8-9-4-6-15-7-5-9/h4-7H,2-3,8H2,1H3,(H,16,17,18). The molecule has 0 aliphatic carbocycles. The highest BCUT2D eigenvalue weighted by atomic mass is 79.9. The first-order valence-electron chi connectivity index (χ1n) is 5.87. The van der Waals surface area contributed by atoms with Gasteiger partial charge >= 0.3 is 0 Å². The average molecular weight is 324 g/mol. The van der Waals surface area contributed by atoms with Crippen LogP contribution in [0.5, 0.6) is 0 Å². The van der Waals surface area contributed by atoms with Gasteiger partial charge in [0, 0.05) is 24.5 Å². The summed E-state index contributed by atoms with van der Waals surface area (Å²) in [5.74, 6) is 0.901. The van der Waals surface area contributed by atoms with E-state index in [0.29, 0.717) is 4.64 Å². The maximum absolute atomic E-state index is 5.27. The van der Waals surface area contributed by atoms with E-state index in [9.17, 15) is 0 Å². The third-order valence-corrected chi connectivity index (χ3v) is 4.02. The summed E-state index contributed by atoms with van der Waals surface area (Å²) in [6.45, 7) is 2.15. The second-order valence-corrected chi connectivity index (χ2v) is 5.24. The number of pyridine rings is 1. The van der Waals surface area contributed by atoms with Gasteiger partial charge in [0.15, 0.2) is 0 Å². The predicted molar refractivity (Wildman–Crippen MR) is 78.2 cm³/mol. The second kappa shape index (κ2) is 6.20. The number of aromatic nitrogens is 3. The Morgan fingerprint density at radius 1 is 1.33 bits per heavy atom. The minimum Gasteiger partial charge on any atom is -0.346 e. The molecule has 0 aliphatic rings. The fourth-order valence-corrected chi connectivity index (χ4v) is 2.38. The van der Waals surface area contributed by atoms with Crippen LogP contribution in [0.1, 0.15) is 30.4 Å². The lowest BCUT2D eigenvalue weighted by molar-refractivity contribution is 0.829. The number of aryl methyl sites for hydroxylation is 1. The zero-order valence-corrected chi connectivity index (χ0v) is 12.5. The van der Waals surface area contributed by atoms with E-state index in [1.807, 2.05) is 12.1 Å². The lowest BCUT2D eigenvalue weighted by Crippen LogP contribution is -2.02. The van der Waals surface area contributed by atoms with Gasteiger partial charge in [0.05, 0.1) is 4.47 Å². The molecule has 0 fully saturated rings. The molecule has 0 aliphatic heterocycles. The predicted octanol–water partition coefficient (Wildman–Crippen LogP) is 3.84. The zero-order valence-electron chi connectivity index (χ0n) is 10.1. The van der Waals surface area contributed by atoms with Crippen LogP contribution < -0.4 is 0 Å². The van der Waals surface area contributed by atoms with E-state index in [-0.39, 0.29) is 0 Å². The van der Waals surface area contributed by atoms with Crippen molar-refractivity contribution >= 4 is 28.1 Å². The summed E-state index contributed by atoms with van der Waals surface area (Å²) in [6.07, 6.45) is 6.36.